The zero-order valence-electron chi connectivity index (χ0n) is 12.0. The number of hydrogen-bond acceptors (Lipinski definition) is 3. The second kappa shape index (κ2) is 6.61. The molecule has 1 aromatic heterocycles. The third-order valence-corrected chi connectivity index (χ3v) is 4.17. The number of nitrogens with zero attached hydrogens (tertiary/aromatic N) is 2. The Morgan fingerprint density at radius 1 is 1.30 bits per heavy atom. The molecule has 0 aliphatic rings. The molecule has 1 N–H and O–H groups in total. The van der Waals surface area contributed by atoms with Gasteiger partial charge in [-0.2, -0.15) is 5.10 Å². The fraction of sp³-hybridized carbons (Fsp3) is 0.333. The van der Waals surface area contributed by atoms with Gasteiger partial charge in [0.25, 0.3) is 5.91 Å². The van der Waals surface area contributed by atoms with E-state index in [2.05, 4.69) is 41.6 Å². The maximum absolute atomic E-state index is 12.0. The molecule has 1 aromatic carbocycles. The SMILES string of the molecule is Cc1ccc(SCCNC(=O)c2cnn(C)c2C)cc1. The average Bonchev–Trinajstić information content (AvgIpc) is 2.77. The molecule has 0 bridgehead atoms. The molecule has 106 valence electrons. The van der Waals surface area contributed by atoms with Gasteiger partial charge in [-0.25, -0.2) is 0 Å². The number of benzene rings is 1. The van der Waals surface area contributed by atoms with Crippen LogP contribution in [-0.2, 0) is 7.05 Å². The van der Waals surface area contributed by atoms with Gasteiger partial charge in [-0.1, -0.05) is 17.7 Å². The Labute approximate surface area is 123 Å². The first-order valence-corrected chi connectivity index (χ1v) is 7.53. The smallest absolute Gasteiger partial charge is 0.254 e. The van der Waals surface area contributed by atoms with Crippen molar-refractivity contribution in [3.8, 4) is 0 Å². The van der Waals surface area contributed by atoms with E-state index in [4.69, 9.17) is 0 Å². The summed E-state index contributed by atoms with van der Waals surface area (Å²) in [5.74, 6) is 0.800. The Morgan fingerprint density at radius 3 is 2.60 bits per heavy atom. The Hall–Kier alpha value is -1.75. The van der Waals surface area contributed by atoms with Crippen LogP contribution in [0.2, 0.25) is 0 Å². The molecule has 0 aliphatic heterocycles. The number of hydrogen-bond donors (Lipinski definition) is 1. The van der Waals surface area contributed by atoms with Gasteiger partial charge in [0.05, 0.1) is 11.8 Å². The molecule has 0 atom stereocenters. The van der Waals surface area contributed by atoms with E-state index in [0.29, 0.717) is 12.1 Å². The molecule has 0 saturated heterocycles. The molecule has 1 amide bonds. The molecule has 0 aliphatic carbocycles. The van der Waals surface area contributed by atoms with Gasteiger partial charge in [0.2, 0.25) is 0 Å². The monoisotopic (exact) mass is 289 g/mol. The first-order chi connectivity index (χ1) is 9.58. The highest BCUT2D eigenvalue weighted by atomic mass is 32.2. The largest absolute Gasteiger partial charge is 0.351 e. The zero-order valence-corrected chi connectivity index (χ0v) is 12.8. The first-order valence-electron chi connectivity index (χ1n) is 6.54. The second-order valence-electron chi connectivity index (χ2n) is 4.68. The lowest BCUT2D eigenvalue weighted by Crippen LogP contribution is -2.26. The normalized spacial score (nSPS) is 10.6. The van der Waals surface area contributed by atoms with Gasteiger partial charge in [0.1, 0.15) is 0 Å². The molecule has 0 unspecified atom stereocenters. The van der Waals surface area contributed by atoms with Crippen LogP contribution in [0.15, 0.2) is 35.4 Å². The molecule has 0 fully saturated rings. The Bertz CT molecular complexity index is 590. The van der Waals surface area contributed by atoms with Crippen molar-refractivity contribution < 1.29 is 4.79 Å². The molecule has 0 radical (unpaired) electrons. The van der Waals surface area contributed by atoms with Crippen molar-refractivity contribution in [3.05, 3.63) is 47.3 Å². The van der Waals surface area contributed by atoms with Crippen LogP contribution in [-0.4, -0.2) is 28.0 Å². The van der Waals surface area contributed by atoms with Crippen LogP contribution in [0.25, 0.3) is 0 Å². The minimum absolute atomic E-state index is 0.0555. The maximum atomic E-state index is 12.0. The molecular formula is C15H19N3OS. The van der Waals surface area contributed by atoms with Crippen LogP contribution in [0.1, 0.15) is 21.6 Å². The molecule has 20 heavy (non-hydrogen) atoms. The standard InChI is InChI=1S/C15H19N3OS/c1-11-4-6-13(7-5-11)20-9-8-16-15(19)14-10-17-18(3)12(14)2/h4-7,10H,8-9H2,1-3H3,(H,16,19). The Kier molecular flexibility index (Phi) is 4.84. The van der Waals surface area contributed by atoms with Crippen LogP contribution in [0.4, 0.5) is 0 Å². The third-order valence-electron chi connectivity index (χ3n) is 3.16. The third kappa shape index (κ3) is 3.63. The van der Waals surface area contributed by atoms with Crippen molar-refractivity contribution in [1.82, 2.24) is 15.1 Å². The lowest BCUT2D eigenvalue weighted by Gasteiger charge is -2.05. The van der Waals surface area contributed by atoms with E-state index in [1.807, 2.05) is 14.0 Å². The number of thioether (sulfide) groups is 1. The van der Waals surface area contributed by atoms with E-state index in [1.165, 1.54) is 10.5 Å². The van der Waals surface area contributed by atoms with Gasteiger partial charge < -0.3 is 5.32 Å². The van der Waals surface area contributed by atoms with Gasteiger partial charge in [-0.05, 0) is 26.0 Å². The molecule has 4 nitrogen and oxygen atoms in total. The molecule has 0 spiro atoms. The average molecular weight is 289 g/mol. The van der Waals surface area contributed by atoms with E-state index in [0.717, 1.165) is 11.4 Å². The highest BCUT2D eigenvalue weighted by molar-refractivity contribution is 7.99. The van der Waals surface area contributed by atoms with Crippen LogP contribution in [0.5, 0.6) is 0 Å². The molecule has 0 saturated carbocycles. The summed E-state index contributed by atoms with van der Waals surface area (Å²) in [4.78, 5) is 13.2. The predicted octanol–water partition coefficient (Wildman–Crippen LogP) is 2.56. The minimum atomic E-state index is -0.0555. The summed E-state index contributed by atoms with van der Waals surface area (Å²) in [5, 5.41) is 6.99. The highest BCUT2D eigenvalue weighted by Crippen LogP contribution is 2.17. The van der Waals surface area contributed by atoms with E-state index in [9.17, 15) is 4.79 Å². The molecule has 2 rings (SSSR count). The molecule has 1 heterocycles. The summed E-state index contributed by atoms with van der Waals surface area (Å²) < 4.78 is 1.70. The Balaban J connectivity index is 1.77. The van der Waals surface area contributed by atoms with Crippen molar-refractivity contribution in [2.75, 3.05) is 12.3 Å². The number of aryl methyl sites for hydroxylation is 2. The number of amides is 1. The summed E-state index contributed by atoms with van der Waals surface area (Å²) in [5.41, 5.74) is 2.79. The fourth-order valence-corrected chi connectivity index (χ4v) is 2.55. The van der Waals surface area contributed by atoms with E-state index in [1.54, 1.807) is 22.6 Å². The summed E-state index contributed by atoms with van der Waals surface area (Å²) in [6.07, 6.45) is 1.61. The summed E-state index contributed by atoms with van der Waals surface area (Å²) in [6.45, 7) is 4.61. The van der Waals surface area contributed by atoms with Gasteiger partial charge in [-0.15, -0.1) is 11.8 Å². The van der Waals surface area contributed by atoms with Crippen LogP contribution >= 0.6 is 11.8 Å². The van der Waals surface area contributed by atoms with Crippen molar-refractivity contribution in [1.29, 1.82) is 0 Å². The summed E-state index contributed by atoms with van der Waals surface area (Å²) >= 11 is 1.74. The van der Waals surface area contributed by atoms with Crippen molar-refractivity contribution >= 4 is 17.7 Å². The number of carbonyl (C=O) groups is 1. The van der Waals surface area contributed by atoms with Gasteiger partial charge in [-0.3, -0.25) is 9.48 Å². The Morgan fingerprint density at radius 2 is 2.00 bits per heavy atom. The lowest BCUT2D eigenvalue weighted by molar-refractivity contribution is 0.0955. The van der Waals surface area contributed by atoms with Gasteiger partial charge in [0.15, 0.2) is 0 Å². The topological polar surface area (TPSA) is 46.9 Å². The second-order valence-corrected chi connectivity index (χ2v) is 5.85. The predicted molar refractivity (Wildman–Crippen MR) is 82.2 cm³/mol. The zero-order chi connectivity index (χ0) is 14.5. The quantitative estimate of drug-likeness (QED) is 0.680. The molecule has 2 aromatic rings. The van der Waals surface area contributed by atoms with E-state index < -0.39 is 0 Å². The van der Waals surface area contributed by atoms with Gasteiger partial charge in [0, 0.05) is 29.9 Å². The van der Waals surface area contributed by atoms with Crippen molar-refractivity contribution in [2.24, 2.45) is 7.05 Å². The van der Waals surface area contributed by atoms with E-state index >= 15 is 0 Å². The number of carbonyl (C=O) groups excluding carboxylic acids is 1. The summed E-state index contributed by atoms with van der Waals surface area (Å²) in [7, 11) is 1.83. The highest BCUT2D eigenvalue weighted by Gasteiger charge is 2.11. The minimum Gasteiger partial charge on any atom is -0.351 e. The van der Waals surface area contributed by atoms with Gasteiger partial charge >= 0.3 is 0 Å². The fourth-order valence-electron chi connectivity index (χ4n) is 1.78. The number of nitrogens with one attached hydrogen (secondary N) is 1. The van der Waals surface area contributed by atoms with Crippen molar-refractivity contribution in [2.45, 2.75) is 18.7 Å². The first kappa shape index (κ1) is 14.7. The van der Waals surface area contributed by atoms with Crippen molar-refractivity contribution in [3.63, 3.8) is 0 Å². The van der Waals surface area contributed by atoms with Crippen LogP contribution in [0.3, 0.4) is 0 Å². The lowest BCUT2D eigenvalue weighted by atomic mass is 10.2. The maximum Gasteiger partial charge on any atom is 0.254 e. The number of rotatable bonds is 5. The van der Waals surface area contributed by atoms with E-state index in [-0.39, 0.29) is 5.91 Å². The van der Waals surface area contributed by atoms with Crippen LogP contribution < -0.4 is 5.32 Å². The summed E-state index contributed by atoms with van der Waals surface area (Å²) in [6, 6.07) is 8.40. The van der Waals surface area contributed by atoms with Crippen LogP contribution in [0, 0.1) is 13.8 Å². The molecule has 5 heteroatoms. The molecular weight excluding hydrogens is 270 g/mol. The number of aromatic nitrogens is 2.